The number of carboxylic acids is 1. The average molecular weight is 284 g/mol. The lowest BCUT2D eigenvalue weighted by molar-refractivity contribution is -0.132. The maximum atomic E-state index is 12.0. The summed E-state index contributed by atoms with van der Waals surface area (Å²) in [5.41, 5.74) is 0.296. The van der Waals surface area contributed by atoms with E-state index < -0.39 is 5.97 Å². The smallest absolute Gasteiger partial charge is 0.336 e. The van der Waals surface area contributed by atoms with Crippen molar-refractivity contribution in [1.29, 1.82) is 0 Å². The van der Waals surface area contributed by atoms with Crippen molar-refractivity contribution in [2.24, 2.45) is 0 Å². The third-order valence-corrected chi connectivity index (χ3v) is 3.87. The van der Waals surface area contributed by atoms with E-state index in [4.69, 9.17) is 5.11 Å². The van der Waals surface area contributed by atoms with E-state index in [1.165, 1.54) is 11.3 Å². The number of hydrogen-bond donors (Lipinski definition) is 2. The van der Waals surface area contributed by atoms with Gasteiger partial charge in [-0.25, -0.2) is 4.79 Å². The molecule has 5 nitrogen and oxygen atoms in total. The van der Waals surface area contributed by atoms with Gasteiger partial charge in [-0.1, -0.05) is 0 Å². The molecule has 1 unspecified atom stereocenters. The van der Waals surface area contributed by atoms with Gasteiger partial charge < -0.3 is 15.3 Å². The molecule has 0 aliphatic rings. The molecule has 0 bridgehead atoms. The third-order valence-electron chi connectivity index (χ3n) is 2.93. The molecule has 19 heavy (non-hydrogen) atoms. The van der Waals surface area contributed by atoms with Gasteiger partial charge in [0.25, 0.3) is 0 Å². The van der Waals surface area contributed by atoms with Crippen LogP contribution in [0, 0.1) is 0 Å². The molecule has 0 fully saturated rings. The maximum Gasteiger partial charge on any atom is 0.336 e. The summed E-state index contributed by atoms with van der Waals surface area (Å²) in [6.45, 7) is 7.63. The molecular formula is C13H20N2O3S. The number of rotatable bonds is 7. The zero-order valence-electron chi connectivity index (χ0n) is 11.5. The van der Waals surface area contributed by atoms with Crippen LogP contribution in [-0.4, -0.2) is 41.0 Å². The summed E-state index contributed by atoms with van der Waals surface area (Å²) < 4.78 is 0. The number of thiophene rings is 1. The molecule has 0 saturated carbocycles. The summed E-state index contributed by atoms with van der Waals surface area (Å²) >= 11 is 1.38. The van der Waals surface area contributed by atoms with E-state index in [2.05, 4.69) is 5.32 Å². The molecule has 2 N–H and O–H groups in total. The first-order valence-electron chi connectivity index (χ1n) is 6.32. The predicted molar refractivity (Wildman–Crippen MR) is 75.5 cm³/mol. The van der Waals surface area contributed by atoms with Crippen LogP contribution < -0.4 is 5.32 Å². The molecule has 1 rings (SSSR count). The van der Waals surface area contributed by atoms with Crippen LogP contribution in [-0.2, 0) is 11.3 Å². The Bertz CT molecular complexity index is 441. The second-order valence-electron chi connectivity index (χ2n) is 4.22. The lowest BCUT2D eigenvalue weighted by Gasteiger charge is -2.23. The van der Waals surface area contributed by atoms with Crippen molar-refractivity contribution in [3.63, 3.8) is 0 Å². The number of carboxylic acid groups (broad SMARTS) is 1. The topological polar surface area (TPSA) is 69.6 Å². The van der Waals surface area contributed by atoms with Crippen LogP contribution in [0.15, 0.2) is 11.4 Å². The summed E-state index contributed by atoms with van der Waals surface area (Å²) in [7, 11) is 0. The Morgan fingerprint density at radius 3 is 2.53 bits per heavy atom. The van der Waals surface area contributed by atoms with Gasteiger partial charge in [0.1, 0.15) is 0 Å². The van der Waals surface area contributed by atoms with Crippen LogP contribution in [0.25, 0.3) is 0 Å². The molecule has 1 aromatic rings. The highest BCUT2D eigenvalue weighted by Crippen LogP contribution is 2.14. The van der Waals surface area contributed by atoms with Crippen molar-refractivity contribution >= 4 is 23.2 Å². The third kappa shape index (κ3) is 4.33. The molecule has 1 heterocycles. The lowest BCUT2D eigenvalue weighted by Crippen LogP contribution is -2.44. The van der Waals surface area contributed by atoms with Crippen molar-refractivity contribution in [1.82, 2.24) is 10.2 Å². The number of likely N-dealkylation sites (N-methyl/N-ethyl adjacent to an activating group) is 1. The molecule has 0 aliphatic carbocycles. The van der Waals surface area contributed by atoms with Gasteiger partial charge in [-0.2, -0.15) is 0 Å². The predicted octanol–water partition coefficient (Wildman–Crippen LogP) is 1.79. The Morgan fingerprint density at radius 1 is 1.42 bits per heavy atom. The van der Waals surface area contributed by atoms with Crippen LogP contribution in [0.2, 0.25) is 0 Å². The maximum absolute atomic E-state index is 12.0. The van der Waals surface area contributed by atoms with Crippen molar-refractivity contribution in [3.05, 3.63) is 21.9 Å². The van der Waals surface area contributed by atoms with Gasteiger partial charge in [0.05, 0.1) is 11.6 Å². The van der Waals surface area contributed by atoms with Gasteiger partial charge >= 0.3 is 5.97 Å². The van der Waals surface area contributed by atoms with E-state index in [1.807, 2.05) is 20.8 Å². The SMILES string of the molecule is CCN(CC)C(=O)C(C)NCc1cc(C(=O)O)cs1. The number of carbonyl (C=O) groups excluding carboxylic acids is 1. The Labute approximate surface area is 117 Å². The molecule has 0 aromatic carbocycles. The lowest BCUT2D eigenvalue weighted by atomic mass is 10.2. The van der Waals surface area contributed by atoms with E-state index in [1.54, 1.807) is 16.3 Å². The van der Waals surface area contributed by atoms with E-state index in [0.717, 1.165) is 4.88 Å². The fourth-order valence-corrected chi connectivity index (χ4v) is 2.54. The van der Waals surface area contributed by atoms with Gasteiger partial charge in [-0.05, 0) is 26.8 Å². The number of amides is 1. The second kappa shape index (κ2) is 7.25. The fraction of sp³-hybridized carbons (Fsp3) is 0.538. The molecule has 0 spiro atoms. The molecule has 6 heteroatoms. The number of nitrogens with one attached hydrogen (secondary N) is 1. The van der Waals surface area contributed by atoms with Gasteiger partial charge in [0.2, 0.25) is 5.91 Å². The highest BCUT2D eigenvalue weighted by atomic mass is 32.1. The standard InChI is InChI=1S/C13H20N2O3S/c1-4-15(5-2)12(16)9(3)14-7-11-6-10(8-19-11)13(17)18/h6,8-9,14H,4-5,7H2,1-3H3,(H,17,18). The van der Waals surface area contributed by atoms with Crippen LogP contribution in [0.3, 0.4) is 0 Å². The Hall–Kier alpha value is -1.40. The van der Waals surface area contributed by atoms with Crippen molar-refractivity contribution < 1.29 is 14.7 Å². The quantitative estimate of drug-likeness (QED) is 0.801. The van der Waals surface area contributed by atoms with Crippen LogP contribution in [0.5, 0.6) is 0 Å². The number of carbonyl (C=O) groups is 2. The largest absolute Gasteiger partial charge is 0.478 e. The molecule has 0 aliphatic heterocycles. The summed E-state index contributed by atoms with van der Waals surface area (Å²) in [4.78, 5) is 25.5. The molecule has 106 valence electrons. The van der Waals surface area contributed by atoms with Crippen molar-refractivity contribution in [2.75, 3.05) is 13.1 Å². The number of hydrogen-bond acceptors (Lipinski definition) is 4. The van der Waals surface area contributed by atoms with Crippen LogP contribution in [0.1, 0.15) is 36.0 Å². The van der Waals surface area contributed by atoms with Crippen LogP contribution in [0.4, 0.5) is 0 Å². The molecule has 0 saturated heterocycles. The Balaban J connectivity index is 2.51. The highest BCUT2D eigenvalue weighted by Gasteiger charge is 2.17. The van der Waals surface area contributed by atoms with Gasteiger partial charge in [-0.3, -0.25) is 4.79 Å². The second-order valence-corrected chi connectivity index (χ2v) is 5.22. The molecule has 1 aromatic heterocycles. The summed E-state index contributed by atoms with van der Waals surface area (Å²) in [6, 6.07) is 1.37. The summed E-state index contributed by atoms with van der Waals surface area (Å²) in [5.74, 6) is -0.852. The Morgan fingerprint density at radius 2 is 2.05 bits per heavy atom. The first kappa shape index (κ1) is 15.7. The monoisotopic (exact) mass is 284 g/mol. The van der Waals surface area contributed by atoms with Crippen molar-refractivity contribution in [3.8, 4) is 0 Å². The summed E-state index contributed by atoms with van der Waals surface area (Å²) in [6.07, 6.45) is 0. The minimum absolute atomic E-state index is 0.0695. The van der Waals surface area contributed by atoms with E-state index >= 15 is 0 Å². The average Bonchev–Trinajstić information content (AvgIpc) is 2.86. The van der Waals surface area contributed by atoms with E-state index in [0.29, 0.717) is 25.2 Å². The number of aromatic carboxylic acids is 1. The fourth-order valence-electron chi connectivity index (χ4n) is 1.74. The van der Waals surface area contributed by atoms with Gasteiger partial charge in [0.15, 0.2) is 0 Å². The summed E-state index contributed by atoms with van der Waals surface area (Å²) in [5, 5.41) is 13.6. The molecular weight excluding hydrogens is 264 g/mol. The first-order valence-corrected chi connectivity index (χ1v) is 7.20. The zero-order valence-corrected chi connectivity index (χ0v) is 12.3. The minimum atomic E-state index is -0.922. The Kier molecular flexibility index (Phi) is 5.98. The normalized spacial score (nSPS) is 12.2. The van der Waals surface area contributed by atoms with E-state index in [9.17, 15) is 9.59 Å². The first-order chi connectivity index (χ1) is 8.99. The highest BCUT2D eigenvalue weighted by molar-refractivity contribution is 7.10. The van der Waals surface area contributed by atoms with Gasteiger partial charge in [-0.15, -0.1) is 11.3 Å². The van der Waals surface area contributed by atoms with Gasteiger partial charge in [0, 0.05) is 29.9 Å². The molecule has 1 amide bonds. The molecule has 0 radical (unpaired) electrons. The molecule has 1 atom stereocenters. The van der Waals surface area contributed by atoms with Crippen LogP contribution >= 0.6 is 11.3 Å². The minimum Gasteiger partial charge on any atom is -0.478 e. The van der Waals surface area contributed by atoms with Crippen molar-refractivity contribution in [2.45, 2.75) is 33.4 Å². The van der Waals surface area contributed by atoms with E-state index in [-0.39, 0.29) is 11.9 Å². The number of nitrogens with zero attached hydrogens (tertiary/aromatic N) is 1. The zero-order chi connectivity index (χ0) is 14.4.